The third-order valence-electron chi connectivity index (χ3n) is 3.23. The van der Waals surface area contributed by atoms with Crippen LogP contribution in [0.25, 0.3) is 0 Å². The minimum absolute atomic E-state index is 0.0898. The van der Waals surface area contributed by atoms with E-state index in [2.05, 4.69) is 28.6 Å². The standard InChI is InChI=1S/C13H21N3O/c1-2-15-11-6-12(9-14-8-11)16-7-10-3-4-13(17)5-10/h6,8-10,13,15-17H,2-5,7H2,1H3. The Bertz CT molecular complexity index is 356. The minimum atomic E-state index is -0.0898. The van der Waals surface area contributed by atoms with E-state index in [4.69, 9.17) is 0 Å². The molecule has 1 heterocycles. The SMILES string of the molecule is CCNc1cncc(NCC2CCC(O)C2)c1. The van der Waals surface area contributed by atoms with Crippen molar-refractivity contribution in [1.29, 1.82) is 0 Å². The maximum Gasteiger partial charge on any atom is 0.0547 e. The molecule has 0 amide bonds. The van der Waals surface area contributed by atoms with Gasteiger partial charge in [0.05, 0.1) is 29.9 Å². The molecule has 2 rings (SSSR count). The molecular weight excluding hydrogens is 214 g/mol. The zero-order chi connectivity index (χ0) is 12.1. The van der Waals surface area contributed by atoms with Gasteiger partial charge in [0.2, 0.25) is 0 Å². The summed E-state index contributed by atoms with van der Waals surface area (Å²) < 4.78 is 0. The number of hydrogen-bond donors (Lipinski definition) is 3. The highest BCUT2D eigenvalue weighted by molar-refractivity contribution is 5.53. The van der Waals surface area contributed by atoms with Crippen LogP contribution in [0.2, 0.25) is 0 Å². The van der Waals surface area contributed by atoms with Crippen molar-refractivity contribution < 1.29 is 5.11 Å². The third-order valence-corrected chi connectivity index (χ3v) is 3.23. The molecule has 4 heteroatoms. The second-order valence-corrected chi connectivity index (χ2v) is 4.71. The van der Waals surface area contributed by atoms with Crippen molar-refractivity contribution in [2.24, 2.45) is 5.92 Å². The molecule has 0 aliphatic heterocycles. The van der Waals surface area contributed by atoms with Gasteiger partial charge < -0.3 is 15.7 Å². The van der Waals surface area contributed by atoms with Gasteiger partial charge in [0.15, 0.2) is 0 Å². The van der Waals surface area contributed by atoms with E-state index >= 15 is 0 Å². The van der Waals surface area contributed by atoms with E-state index in [0.29, 0.717) is 5.92 Å². The lowest BCUT2D eigenvalue weighted by molar-refractivity contribution is 0.178. The molecule has 2 atom stereocenters. The Morgan fingerprint density at radius 2 is 2.06 bits per heavy atom. The maximum absolute atomic E-state index is 9.46. The van der Waals surface area contributed by atoms with Gasteiger partial charge >= 0.3 is 0 Å². The normalized spacial score (nSPS) is 23.6. The summed E-state index contributed by atoms with van der Waals surface area (Å²) >= 11 is 0. The fourth-order valence-corrected chi connectivity index (χ4v) is 2.33. The molecule has 0 saturated heterocycles. The fraction of sp³-hybridized carbons (Fsp3) is 0.615. The average molecular weight is 235 g/mol. The van der Waals surface area contributed by atoms with Gasteiger partial charge in [-0.1, -0.05) is 0 Å². The molecule has 1 aliphatic carbocycles. The number of aliphatic hydroxyl groups is 1. The van der Waals surface area contributed by atoms with Gasteiger partial charge in [0.1, 0.15) is 0 Å². The highest BCUT2D eigenvalue weighted by Gasteiger charge is 2.22. The first-order valence-corrected chi connectivity index (χ1v) is 6.38. The molecule has 0 aromatic carbocycles. The number of anilines is 2. The predicted molar refractivity (Wildman–Crippen MR) is 70.2 cm³/mol. The molecule has 0 bridgehead atoms. The lowest BCUT2D eigenvalue weighted by Crippen LogP contribution is -2.12. The smallest absolute Gasteiger partial charge is 0.0547 e. The minimum Gasteiger partial charge on any atom is -0.393 e. The second-order valence-electron chi connectivity index (χ2n) is 4.71. The first kappa shape index (κ1) is 12.2. The highest BCUT2D eigenvalue weighted by Crippen LogP contribution is 2.25. The Morgan fingerprint density at radius 3 is 2.71 bits per heavy atom. The van der Waals surface area contributed by atoms with Gasteiger partial charge in [-0.3, -0.25) is 4.98 Å². The second kappa shape index (κ2) is 5.87. The van der Waals surface area contributed by atoms with Crippen molar-refractivity contribution >= 4 is 11.4 Å². The van der Waals surface area contributed by atoms with Crippen LogP contribution in [-0.4, -0.2) is 29.3 Å². The van der Waals surface area contributed by atoms with Gasteiger partial charge in [-0.2, -0.15) is 0 Å². The van der Waals surface area contributed by atoms with Crippen molar-refractivity contribution in [3.8, 4) is 0 Å². The maximum atomic E-state index is 9.46. The quantitative estimate of drug-likeness (QED) is 0.731. The van der Waals surface area contributed by atoms with E-state index in [0.717, 1.165) is 43.7 Å². The van der Waals surface area contributed by atoms with Crippen molar-refractivity contribution in [3.63, 3.8) is 0 Å². The number of rotatable bonds is 5. The number of nitrogens with zero attached hydrogens (tertiary/aromatic N) is 1. The zero-order valence-corrected chi connectivity index (χ0v) is 10.3. The van der Waals surface area contributed by atoms with E-state index in [1.165, 1.54) is 0 Å². The van der Waals surface area contributed by atoms with Gasteiger partial charge in [-0.25, -0.2) is 0 Å². The lowest BCUT2D eigenvalue weighted by atomic mass is 10.1. The van der Waals surface area contributed by atoms with Crippen molar-refractivity contribution in [2.75, 3.05) is 23.7 Å². The van der Waals surface area contributed by atoms with E-state index in [1.807, 2.05) is 12.4 Å². The van der Waals surface area contributed by atoms with Crippen molar-refractivity contribution in [1.82, 2.24) is 4.98 Å². The monoisotopic (exact) mass is 235 g/mol. The summed E-state index contributed by atoms with van der Waals surface area (Å²) in [5, 5.41) is 16.1. The Morgan fingerprint density at radius 1 is 1.29 bits per heavy atom. The summed E-state index contributed by atoms with van der Waals surface area (Å²) in [6, 6.07) is 2.07. The lowest BCUT2D eigenvalue weighted by Gasteiger charge is -2.12. The van der Waals surface area contributed by atoms with Crippen LogP contribution in [0, 0.1) is 5.92 Å². The van der Waals surface area contributed by atoms with Crippen molar-refractivity contribution in [3.05, 3.63) is 18.5 Å². The van der Waals surface area contributed by atoms with Crippen LogP contribution >= 0.6 is 0 Å². The Labute approximate surface area is 102 Å². The van der Waals surface area contributed by atoms with Gasteiger partial charge in [-0.15, -0.1) is 0 Å². The summed E-state index contributed by atoms with van der Waals surface area (Å²) in [5.74, 6) is 0.591. The van der Waals surface area contributed by atoms with E-state index in [1.54, 1.807) is 0 Å². The summed E-state index contributed by atoms with van der Waals surface area (Å²) in [6.45, 7) is 3.90. The molecule has 1 aromatic heterocycles. The average Bonchev–Trinajstić information content (AvgIpc) is 2.74. The number of nitrogens with one attached hydrogen (secondary N) is 2. The topological polar surface area (TPSA) is 57.2 Å². The van der Waals surface area contributed by atoms with Crippen LogP contribution < -0.4 is 10.6 Å². The van der Waals surface area contributed by atoms with Gasteiger partial charge in [0.25, 0.3) is 0 Å². The summed E-state index contributed by atoms with van der Waals surface area (Å²) in [6.07, 6.45) is 6.57. The predicted octanol–water partition coefficient (Wildman–Crippen LogP) is 2.09. The fourth-order valence-electron chi connectivity index (χ4n) is 2.33. The van der Waals surface area contributed by atoms with Crippen LogP contribution in [-0.2, 0) is 0 Å². The molecule has 17 heavy (non-hydrogen) atoms. The van der Waals surface area contributed by atoms with Crippen LogP contribution in [0.3, 0.4) is 0 Å². The Kier molecular flexibility index (Phi) is 4.20. The van der Waals surface area contributed by atoms with Crippen LogP contribution in [0.1, 0.15) is 26.2 Å². The number of aliphatic hydroxyl groups excluding tert-OH is 1. The van der Waals surface area contributed by atoms with E-state index < -0.39 is 0 Å². The molecule has 94 valence electrons. The summed E-state index contributed by atoms with van der Waals surface area (Å²) in [7, 11) is 0. The highest BCUT2D eigenvalue weighted by atomic mass is 16.3. The summed E-state index contributed by atoms with van der Waals surface area (Å²) in [4.78, 5) is 4.19. The molecule has 1 fully saturated rings. The first-order valence-electron chi connectivity index (χ1n) is 6.38. The van der Waals surface area contributed by atoms with Crippen molar-refractivity contribution in [2.45, 2.75) is 32.3 Å². The molecule has 4 nitrogen and oxygen atoms in total. The van der Waals surface area contributed by atoms with Crippen LogP contribution in [0.4, 0.5) is 11.4 Å². The van der Waals surface area contributed by atoms with E-state index in [-0.39, 0.29) is 6.10 Å². The molecule has 0 radical (unpaired) electrons. The van der Waals surface area contributed by atoms with Crippen LogP contribution in [0.5, 0.6) is 0 Å². The summed E-state index contributed by atoms with van der Waals surface area (Å²) in [5.41, 5.74) is 2.09. The van der Waals surface area contributed by atoms with Gasteiger partial charge in [0, 0.05) is 13.1 Å². The number of pyridine rings is 1. The largest absolute Gasteiger partial charge is 0.393 e. The first-order chi connectivity index (χ1) is 8.28. The molecule has 1 saturated carbocycles. The third kappa shape index (κ3) is 3.60. The molecular formula is C13H21N3O. The Hall–Kier alpha value is -1.29. The Balaban J connectivity index is 1.83. The zero-order valence-electron chi connectivity index (χ0n) is 10.3. The molecule has 0 spiro atoms. The molecule has 1 aromatic rings. The van der Waals surface area contributed by atoms with Crippen LogP contribution in [0.15, 0.2) is 18.5 Å². The van der Waals surface area contributed by atoms with Gasteiger partial charge in [-0.05, 0) is 38.2 Å². The number of hydrogen-bond acceptors (Lipinski definition) is 4. The molecule has 1 aliphatic rings. The molecule has 3 N–H and O–H groups in total. The number of aromatic nitrogens is 1. The molecule has 2 unspecified atom stereocenters. The van der Waals surface area contributed by atoms with E-state index in [9.17, 15) is 5.11 Å².